The lowest BCUT2D eigenvalue weighted by Crippen LogP contribution is -2.28. The van der Waals surface area contributed by atoms with E-state index in [1.807, 2.05) is 18.3 Å². The SMILES string of the molecule is C=C(NC(C)=O)C1=CCC(OC2CCN(c3nccc(N4CCCC4)n3)C2)C=C1. The Hall–Kier alpha value is -2.67. The number of anilines is 2. The maximum absolute atomic E-state index is 11.2. The third kappa shape index (κ3) is 4.85. The van der Waals surface area contributed by atoms with Gasteiger partial charge < -0.3 is 19.9 Å². The molecule has 2 aliphatic heterocycles. The minimum absolute atomic E-state index is 0.0469. The summed E-state index contributed by atoms with van der Waals surface area (Å²) in [6.45, 7) is 9.28. The average molecular weight is 396 g/mol. The van der Waals surface area contributed by atoms with Gasteiger partial charge in [-0.05, 0) is 37.3 Å². The van der Waals surface area contributed by atoms with Crippen molar-refractivity contribution in [1.82, 2.24) is 15.3 Å². The minimum atomic E-state index is -0.107. The maximum Gasteiger partial charge on any atom is 0.227 e. The first kappa shape index (κ1) is 19.6. The molecule has 7 nitrogen and oxygen atoms in total. The van der Waals surface area contributed by atoms with Crippen molar-refractivity contribution in [1.29, 1.82) is 0 Å². The molecule has 0 bridgehead atoms. The molecule has 1 aromatic rings. The van der Waals surface area contributed by atoms with Gasteiger partial charge in [0.2, 0.25) is 11.9 Å². The number of allylic oxidation sites excluding steroid dienone is 1. The van der Waals surface area contributed by atoms with Crippen LogP contribution in [0.15, 0.2) is 48.3 Å². The van der Waals surface area contributed by atoms with Crippen LogP contribution in [0.5, 0.6) is 0 Å². The van der Waals surface area contributed by atoms with Gasteiger partial charge in [-0.1, -0.05) is 24.8 Å². The Morgan fingerprint density at radius 2 is 2.10 bits per heavy atom. The van der Waals surface area contributed by atoms with Gasteiger partial charge in [0, 0.05) is 45.0 Å². The van der Waals surface area contributed by atoms with Crippen molar-refractivity contribution in [2.45, 2.75) is 44.8 Å². The Morgan fingerprint density at radius 3 is 2.83 bits per heavy atom. The van der Waals surface area contributed by atoms with Gasteiger partial charge in [-0.15, -0.1) is 0 Å². The zero-order valence-electron chi connectivity index (χ0n) is 17.0. The number of amides is 1. The van der Waals surface area contributed by atoms with Gasteiger partial charge in [0.15, 0.2) is 0 Å². The second-order valence-electron chi connectivity index (χ2n) is 7.85. The van der Waals surface area contributed by atoms with E-state index in [1.165, 1.54) is 19.8 Å². The molecular formula is C22H29N5O2. The highest BCUT2D eigenvalue weighted by molar-refractivity contribution is 5.76. The Morgan fingerprint density at radius 1 is 1.28 bits per heavy atom. The molecule has 1 aromatic heterocycles. The van der Waals surface area contributed by atoms with Gasteiger partial charge in [0.05, 0.1) is 12.2 Å². The van der Waals surface area contributed by atoms with Gasteiger partial charge in [0.1, 0.15) is 5.82 Å². The molecule has 2 atom stereocenters. The van der Waals surface area contributed by atoms with Crippen molar-refractivity contribution in [2.75, 3.05) is 36.0 Å². The first-order valence-corrected chi connectivity index (χ1v) is 10.4. The Labute approximate surface area is 172 Å². The summed E-state index contributed by atoms with van der Waals surface area (Å²) in [6.07, 6.45) is 12.4. The van der Waals surface area contributed by atoms with Gasteiger partial charge in [-0.2, -0.15) is 4.98 Å². The Balaban J connectivity index is 1.29. The topological polar surface area (TPSA) is 70.6 Å². The number of carbonyl (C=O) groups excluding carboxylic acids is 1. The lowest BCUT2D eigenvalue weighted by atomic mass is 10.0. The summed E-state index contributed by atoms with van der Waals surface area (Å²) in [7, 11) is 0. The normalized spacial score (nSPS) is 24.0. The predicted molar refractivity (Wildman–Crippen MR) is 114 cm³/mol. The van der Waals surface area contributed by atoms with Gasteiger partial charge >= 0.3 is 0 Å². The number of rotatable bonds is 6. The summed E-state index contributed by atoms with van der Waals surface area (Å²) >= 11 is 0. The van der Waals surface area contributed by atoms with Crippen molar-refractivity contribution < 1.29 is 9.53 Å². The molecule has 154 valence electrons. The highest BCUT2D eigenvalue weighted by Gasteiger charge is 2.28. The van der Waals surface area contributed by atoms with Gasteiger partial charge in [-0.25, -0.2) is 4.98 Å². The molecule has 29 heavy (non-hydrogen) atoms. The number of hydrogen-bond acceptors (Lipinski definition) is 6. The van der Waals surface area contributed by atoms with E-state index in [4.69, 9.17) is 9.72 Å². The molecule has 2 unspecified atom stereocenters. The molecule has 1 N–H and O–H groups in total. The van der Waals surface area contributed by atoms with Crippen molar-refractivity contribution in [3.8, 4) is 0 Å². The quantitative estimate of drug-likeness (QED) is 0.798. The number of nitrogens with one attached hydrogen (secondary N) is 1. The molecule has 2 fully saturated rings. The van der Waals surface area contributed by atoms with Crippen LogP contribution < -0.4 is 15.1 Å². The Bertz CT molecular complexity index is 828. The summed E-state index contributed by atoms with van der Waals surface area (Å²) < 4.78 is 6.29. The van der Waals surface area contributed by atoms with Crippen LogP contribution in [0.4, 0.5) is 11.8 Å². The monoisotopic (exact) mass is 395 g/mol. The number of nitrogens with zero attached hydrogens (tertiary/aromatic N) is 4. The second kappa shape index (κ2) is 8.78. The van der Waals surface area contributed by atoms with Crippen LogP contribution >= 0.6 is 0 Å². The molecular weight excluding hydrogens is 366 g/mol. The molecule has 3 aliphatic rings. The summed E-state index contributed by atoms with van der Waals surface area (Å²) in [6, 6.07) is 2.00. The van der Waals surface area contributed by atoms with Crippen LogP contribution in [-0.4, -0.2) is 54.3 Å². The Kier molecular flexibility index (Phi) is 5.94. The third-order valence-electron chi connectivity index (χ3n) is 5.59. The van der Waals surface area contributed by atoms with E-state index in [1.54, 1.807) is 0 Å². The molecule has 7 heteroatoms. The summed E-state index contributed by atoms with van der Waals surface area (Å²) in [5.74, 6) is 1.72. The maximum atomic E-state index is 11.2. The highest BCUT2D eigenvalue weighted by atomic mass is 16.5. The van der Waals surface area contributed by atoms with E-state index in [2.05, 4.69) is 38.8 Å². The summed E-state index contributed by atoms with van der Waals surface area (Å²) in [5, 5.41) is 2.73. The third-order valence-corrected chi connectivity index (χ3v) is 5.59. The molecule has 1 amide bonds. The lowest BCUT2D eigenvalue weighted by Gasteiger charge is -2.23. The van der Waals surface area contributed by atoms with Crippen LogP contribution in [0.2, 0.25) is 0 Å². The van der Waals surface area contributed by atoms with Crippen molar-refractivity contribution in [3.05, 3.63) is 48.3 Å². The van der Waals surface area contributed by atoms with E-state index in [-0.39, 0.29) is 18.1 Å². The molecule has 3 heterocycles. The molecule has 4 rings (SSSR count). The summed E-state index contributed by atoms with van der Waals surface area (Å²) in [5.41, 5.74) is 1.58. The van der Waals surface area contributed by atoms with Crippen LogP contribution in [0.3, 0.4) is 0 Å². The van der Waals surface area contributed by atoms with E-state index in [9.17, 15) is 4.79 Å². The summed E-state index contributed by atoms with van der Waals surface area (Å²) in [4.78, 5) is 25.0. The molecule has 1 aliphatic carbocycles. The number of ether oxygens (including phenoxy) is 1. The molecule has 0 saturated carbocycles. The lowest BCUT2D eigenvalue weighted by molar-refractivity contribution is -0.118. The van der Waals surface area contributed by atoms with Crippen molar-refractivity contribution in [3.63, 3.8) is 0 Å². The van der Waals surface area contributed by atoms with Crippen LogP contribution in [0, 0.1) is 0 Å². The first-order chi connectivity index (χ1) is 14.1. The average Bonchev–Trinajstić information content (AvgIpc) is 3.40. The predicted octanol–water partition coefficient (Wildman–Crippen LogP) is 2.58. The standard InChI is InChI=1S/C22H29N5O2/c1-16(24-17(2)28)18-5-7-19(8-6-18)29-20-10-14-27(15-20)22-23-11-9-21(25-22)26-12-3-4-13-26/h5-7,9,11,19-20H,1,3-4,8,10,12-15H2,2H3,(H,24,28). The van der Waals surface area contributed by atoms with E-state index < -0.39 is 0 Å². The molecule has 0 spiro atoms. The van der Waals surface area contributed by atoms with Crippen LogP contribution in [0.1, 0.15) is 32.6 Å². The van der Waals surface area contributed by atoms with E-state index in [0.717, 1.165) is 56.4 Å². The van der Waals surface area contributed by atoms with E-state index >= 15 is 0 Å². The van der Waals surface area contributed by atoms with Crippen molar-refractivity contribution >= 4 is 17.7 Å². The second-order valence-corrected chi connectivity index (χ2v) is 7.85. The number of hydrogen-bond donors (Lipinski definition) is 1. The number of carbonyl (C=O) groups is 1. The van der Waals surface area contributed by atoms with Gasteiger partial charge in [0.25, 0.3) is 0 Å². The zero-order valence-corrected chi connectivity index (χ0v) is 17.0. The number of aromatic nitrogens is 2. The van der Waals surface area contributed by atoms with Crippen LogP contribution in [0.25, 0.3) is 0 Å². The first-order valence-electron chi connectivity index (χ1n) is 10.4. The largest absolute Gasteiger partial charge is 0.369 e. The highest BCUT2D eigenvalue weighted by Crippen LogP contribution is 2.25. The smallest absolute Gasteiger partial charge is 0.227 e. The molecule has 2 saturated heterocycles. The van der Waals surface area contributed by atoms with Crippen LogP contribution in [-0.2, 0) is 9.53 Å². The fourth-order valence-corrected chi connectivity index (χ4v) is 4.09. The van der Waals surface area contributed by atoms with E-state index in [0.29, 0.717) is 5.70 Å². The minimum Gasteiger partial charge on any atom is -0.369 e. The fraction of sp³-hybridized carbons (Fsp3) is 0.500. The van der Waals surface area contributed by atoms with Gasteiger partial charge in [-0.3, -0.25) is 4.79 Å². The fourth-order valence-electron chi connectivity index (χ4n) is 4.09. The zero-order chi connectivity index (χ0) is 20.2. The van der Waals surface area contributed by atoms with Crippen molar-refractivity contribution in [2.24, 2.45) is 0 Å². The molecule has 0 radical (unpaired) electrons. The molecule has 0 aromatic carbocycles.